The monoisotopic (exact) mass is 338 g/mol. The van der Waals surface area contributed by atoms with Gasteiger partial charge in [-0.3, -0.25) is 9.59 Å². The zero-order valence-corrected chi connectivity index (χ0v) is 13.5. The van der Waals surface area contributed by atoms with Gasteiger partial charge in [0.15, 0.2) is 0 Å². The van der Waals surface area contributed by atoms with Crippen LogP contribution in [-0.4, -0.2) is 10.5 Å². The van der Waals surface area contributed by atoms with Crippen molar-refractivity contribution < 1.29 is 18.0 Å². The Kier molecular flexibility index (Phi) is 4.82. The molecule has 0 spiro atoms. The second kappa shape index (κ2) is 6.51. The number of pyridine rings is 1. The first-order valence-electron chi connectivity index (χ1n) is 7.23. The van der Waals surface area contributed by atoms with Crippen molar-refractivity contribution in [3.63, 3.8) is 0 Å². The molecule has 0 bridgehead atoms. The van der Waals surface area contributed by atoms with Gasteiger partial charge in [-0.05, 0) is 38.0 Å². The number of halogens is 3. The number of nitrogens with zero attached hydrogens (tertiary/aromatic N) is 1. The van der Waals surface area contributed by atoms with Crippen molar-refractivity contribution in [3.8, 4) is 0 Å². The molecular formula is C17H17F3N2O2. The van der Waals surface area contributed by atoms with E-state index in [1.165, 1.54) is 0 Å². The normalized spacial score (nSPS) is 11.4. The maximum Gasteiger partial charge on any atom is 0.417 e. The average Bonchev–Trinajstić information content (AvgIpc) is 2.44. The number of alkyl halides is 3. The molecule has 24 heavy (non-hydrogen) atoms. The summed E-state index contributed by atoms with van der Waals surface area (Å²) < 4.78 is 38.9. The van der Waals surface area contributed by atoms with E-state index in [2.05, 4.69) is 5.32 Å². The van der Waals surface area contributed by atoms with Gasteiger partial charge in [0.05, 0.1) is 5.56 Å². The van der Waals surface area contributed by atoms with E-state index in [-0.39, 0.29) is 0 Å². The maximum atomic E-state index is 12.7. The van der Waals surface area contributed by atoms with E-state index >= 15 is 0 Å². The van der Waals surface area contributed by atoms with Gasteiger partial charge in [-0.15, -0.1) is 0 Å². The molecule has 1 amide bonds. The van der Waals surface area contributed by atoms with E-state index in [0.717, 1.165) is 27.3 Å². The Morgan fingerprint density at radius 2 is 1.71 bits per heavy atom. The number of carbonyl (C=O) groups is 1. The molecule has 0 aliphatic carbocycles. The second-order valence-electron chi connectivity index (χ2n) is 5.70. The van der Waals surface area contributed by atoms with E-state index in [1.54, 1.807) is 0 Å². The summed E-state index contributed by atoms with van der Waals surface area (Å²) in [7, 11) is 0. The minimum Gasteiger partial charge on any atom is -0.324 e. The number of hydrogen-bond donors (Lipinski definition) is 1. The topological polar surface area (TPSA) is 51.1 Å². The summed E-state index contributed by atoms with van der Waals surface area (Å²) in [6, 6.07) is 5.28. The molecule has 0 atom stereocenters. The van der Waals surface area contributed by atoms with E-state index in [9.17, 15) is 22.8 Å². The smallest absolute Gasteiger partial charge is 0.324 e. The number of aryl methyl sites for hydroxylation is 3. The Bertz CT molecular complexity index is 815. The lowest BCUT2D eigenvalue weighted by Crippen LogP contribution is -2.28. The van der Waals surface area contributed by atoms with Crippen LogP contribution >= 0.6 is 0 Å². The molecule has 4 nitrogen and oxygen atoms in total. The molecule has 2 aromatic rings. The highest BCUT2D eigenvalue weighted by Gasteiger charge is 2.31. The molecule has 0 unspecified atom stereocenters. The van der Waals surface area contributed by atoms with E-state index in [1.807, 2.05) is 32.9 Å². The van der Waals surface area contributed by atoms with Crippen LogP contribution in [-0.2, 0) is 17.5 Å². The lowest BCUT2D eigenvalue weighted by Gasteiger charge is -2.14. The third-order valence-electron chi connectivity index (χ3n) is 3.57. The van der Waals surface area contributed by atoms with Crippen LogP contribution in [0.1, 0.15) is 22.3 Å². The summed E-state index contributed by atoms with van der Waals surface area (Å²) in [5.74, 6) is -0.563. The molecule has 1 N–H and O–H groups in total. The van der Waals surface area contributed by atoms with Crippen molar-refractivity contribution in [2.45, 2.75) is 33.5 Å². The van der Waals surface area contributed by atoms with Crippen molar-refractivity contribution in [1.82, 2.24) is 4.57 Å². The molecule has 0 saturated carbocycles. The van der Waals surface area contributed by atoms with Gasteiger partial charge in [0.25, 0.3) is 5.56 Å². The fourth-order valence-corrected chi connectivity index (χ4v) is 2.53. The van der Waals surface area contributed by atoms with Gasteiger partial charge in [0, 0.05) is 18.0 Å². The number of hydrogen-bond acceptors (Lipinski definition) is 2. The Balaban J connectivity index is 2.24. The first-order chi connectivity index (χ1) is 11.1. The van der Waals surface area contributed by atoms with Gasteiger partial charge in [0.1, 0.15) is 6.54 Å². The SMILES string of the molecule is Cc1cc(C)c(NC(=O)Cn2cc(C(F)(F)F)ccc2=O)c(C)c1. The van der Waals surface area contributed by atoms with Crippen LogP contribution < -0.4 is 10.9 Å². The van der Waals surface area contributed by atoms with Crippen molar-refractivity contribution in [2.75, 3.05) is 5.32 Å². The Morgan fingerprint density at radius 3 is 2.25 bits per heavy atom. The highest BCUT2D eigenvalue weighted by molar-refractivity contribution is 5.92. The molecule has 7 heteroatoms. The van der Waals surface area contributed by atoms with Crippen LogP contribution in [0.4, 0.5) is 18.9 Å². The Hall–Kier alpha value is -2.57. The minimum absolute atomic E-state index is 0.491. The van der Waals surface area contributed by atoms with Gasteiger partial charge in [-0.1, -0.05) is 17.7 Å². The molecule has 0 fully saturated rings. The molecule has 1 aromatic heterocycles. The summed E-state index contributed by atoms with van der Waals surface area (Å²) in [5, 5.41) is 2.66. The lowest BCUT2D eigenvalue weighted by atomic mass is 10.1. The highest BCUT2D eigenvalue weighted by atomic mass is 19.4. The van der Waals surface area contributed by atoms with Crippen molar-refractivity contribution in [3.05, 3.63) is 63.1 Å². The third-order valence-corrected chi connectivity index (χ3v) is 3.57. The predicted octanol–water partition coefficient (Wildman–Crippen LogP) is 3.43. The van der Waals surface area contributed by atoms with Crippen LogP contribution in [0, 0.1) is 20.8 Å². The Morgan fingerprint density at radius 1 is 1.12 bits per heavy atom. The molecule has 2 rings (SSSR count). The van der Waals surface area contributed by atoms with Crippen molar-refractivity contribution in [1.29, 1.82) is 0 Å². The van der Waals surface area contributed by atoms with Crippen molar-refractivity contribution >= 4 is 11.6 Å². The molecular weight excluding hydrogens is 321 g/mol. The van der Waals surface area contributed by atoms with E-state index < -0.39 is 29.8 Å². The molecule has 128 valence electrons. The fraction of sp³-hybridized carbons (Fsp3) is 0.294. The van der Waals surface area contributed by atoms with Crippen molar-refractivity contribution in [2.24, 2.45) is 0 Å². The number of carbonyl (C=O) groups excluding carboxylic acids is 1. The average molecular weight is 338 g/mol. The minimum atomic E-state index is -4.57. The zero-order valence-electron chi connectivity index (χ0n) is 13.5. The predicted molar refractivity (Wildman–Crippen MR) is 85.0 cm³/mol. The number of anilines is 1. The summed E-state index contributed by atoms with van der Waals surface area (Å²) in [4.78, 5) is 23.8. The first-order valence-corrected chi connectivity index (χ1v) is 7.23. The number of amides is 1. The summed E-state index contributed by atoms with van der Waals surface area (Å²) >= 11 is 0. The van der Waals surface area contributed by atoms with Gasteiger partial charge in [0.2, 0.25) is 5.91 Å². The molecule has 0 radical (unpaired) electrons. The second-order valence-corrected chi connectivity index (χ2v) is 5.70. The lowest BCUT2D eigenvalue weighted by molar-refractivity contribution is -0.138. The van der Waals surface area contributed by atoms with Gasteiger partial charge in [-0.25, -0.2) is 0 Å². The summed E-state index contributed by atoms with van der Waals surface area (Å²) in [6.45, 7) is 5.08. The van der Waals surface area contributed by atoms with E-state index in [0.29, 0.717) is 18.0 Å². The van der Waals surface area contributed by atoms with Crippen LogP contribution in [0.5, 0.6) is 0 Å². The summed E-state index contributed by atoms with van der Waals surface area (Å²) in [6.07, 6.45) is -3.92. The molecule has 0 aliphatic rings. The molecule has 1 heterocycles. The molecule has 0 aliphatic heterocycles. The largest absolute Gasteiger partial charge is 0.417 e. The standard InChI is InChI=1S/C17H17F3N2O2/c1-10-6-11(2)16(12(3)7-10)21-14(23)9-22-8-13(17(18,19)20)4-5-15(22)24/h4-8H,9H2,1-3H3,(H,21,23). The quantitative estimate of drug-likeness (QED) is 0.932. The molecule has 0 saturated heterocycles. The zero-order chi connectivity index (χ0) is 18.1. The number of benzene rings is 1. The maximum absolute atomic E-state index is 12.7. The first kappa shape index (κ1) is 17.8. The van der Waals surface area contributed by atoms with Gasteiger partial charge < -0.3 is 9.88 Å². The fourth-order valence-electron chi connectivity index (χ4n) is 2.53. The van der Waals surface area contributed by atoms with Crippen LogP contribution in [0.25, 0.3) is 0 Å². The third kappa shape index (κ3) is 4.04. The number of aromatic nitrogens is 1. The number of nitrogens with one attached hydrogen (secondary N) is 1. The highest BCUT2D eigenvalue weighted by Crippen LogP contribution is 2.28. The van der Waals surface area contributed by atoms with E-state index in [4.69, 9.17) is 0 Å². The van der Waals surface area contributed by atoms with Crippen LogP contribution in [0.15, 0.2) is 35.3 Å². The molecule has 1 aromatic carbocycles. The van der Waals surface area contributed by atoms with Gasteiger partial charge in [-0.2, -0.15) is 13.2 Å². The van der Waals surface area contributed by atoms with Gasteiger partial charge >= 0.3 is 6.18 Å². The van der Waals surface area contributed by atoms with Crippen LogP contribution in [0.3, 0.4) is 0 Å². The summed E-state index contributed by atoms with van der Waals surface area (Å²) in [5.41, 5.74) is 1.69. The van der Waals surface area contributed by atoms with Crippen LogP contribution in [0.2, 0.25) is 0 Å². The number of rotatable bonds is 3. The Labute approximate surface area is 136 Å².